The van der Waals surface area contributed by atoms with Gasteiger partial charge >= 0.3 is 0 Å². The molecule has 0 saturated carbocycles. The highest BCUT2D eigenvalue weighted by Gasteiger charge is 2.21. The van der Waals surface area contributed by atoms with Crippen molar-refractivity contribution >= 4 is 53.4 Å². The predicted molar refractivity (Wildman–Crippen MR) is 207 cm³/mol. The number of rotatable bonds is 5. The maximum Gasteiger partial charge on any atom is 0.161 e. The number of aromatic nitrogens is 3. The zero-order valence-electron chi connectivity index (χ0n) is 26.7. The first-order valence-electron chi connectivity index (χ1n) is 16.6. The van der Waals surface area contributed by atoms with Crippen LogP contribution >= 0.6 is 11.3 Å². The highest BCUT2D eigenvalue weighted by atomic mass is 32.1. The lowest BCUT2D eigenvalue weighted by Gasteiger charge is -2.12. The normalized spacial score (nSPS) is 11.6. The average molecular weight is 658 g/mol. The molecular weight excluding hydrogens is 631 g/mol. The van der Waals surface area contributed by atoms with Gasteiger partial charge in [-0.15, -0.1) is 11.3 Å². The Bertz CT molecular complexity index is 2860. The van der Waals surface area contributed by atoms with Crippen molar-refractivity contribution in [2.45, 2.75) is 0 Å². The smallest absolute Gasteiger partial charge is 0.161 e. The molecule has 0 bridgehead atoms. The minimum absolute atomic E-state index is 0.651. The third kappa shape index (κ3) is 4.71. The number of nitrogens with zero attached hydrogens (tertiary/aromatic N) is 3. The second-order valence-electron chi connectivity index (χ2n) is 12.4. The van der Waals surface area contributed by atoms with Gasteiger partial charge in [0.2, 0.25) is 0 Å². The van der Waals surface area contributed by atoms with Gasteiger partial charge in [-0.1, -0.05) is 115 Å². The quantitative estimate of drug-likeness (QED) is 0.185. The van der Waals surface area contributed by atoms with Gasteiger partial charge in [-0.05, 0) is 42.5 Å². The molecule has 0 unspecified atom stereocenters. The van der Waals surface area contributed by atoms with Crippen molar-refractivity contribution in [2.24, 2.45) is 0 Å². The molecule has 10 rings (SSSR count). The van der Waals surface area contributed by atoms with Crippen LogP contribution < -0.4 is 0 Å². The largest absolute Gasteiger partial charge is 0.455 e. The number of fused-ring (bicyclic) bond motifs is 6. The highest BCUT2D eigenvalue weighted by molar-refractivity contribution is 7.26. The first-order valence-corrected chi connectivity index (χ1v) is 17.4. The minimum Gasteiger partial charge on any atom is -0.455 e. The van der Waals surface area contributed by atoms with Gasteiger partial charge < -0.3 is 4.42 Å². The summed E-state index contributed by atoms with van der Waals surface area (Å²) in [6.07, 6.45) is 1.82. The van der Waals surface area contributed by atoms with E-state index in [1.54, 1.807) is 0 Å². The minimum atomic E-state index is 0.651. The Hall–Kier alpha value is -6.43. The Labute approximate surface area is 292 Å². The number of furan rings is 1. The molecule has 50 heavy (non-hydrogen) atoms. The molecule has 0 atom stereocenters. The zero-order valence-corrected chi connectivity index (χ0v) is 27.6. The number of benzene rings is 6. The summed E-state index contributed by atoms with van der Waals surface area (Å²) in [5.41, 5.74) is 10.6. The number of hydrogen-bond acceptors (Lipinski definition) is 5. The Morgan fingerprint density at radius 3 is 1.92 bits per heavy atom. The number of pyridine rings is 1. The Balaban J connectivity index is 1.20. The first-order chi connectivity index (χ1) is 24.8. The molecule has 234 valence electrons. The van der Waals surface area contributed by atoms with Crippen LogP contribution in [0.3, 0.4) is 0 Å². The van der Waals surface area contributed by atoms with Crippen molar-refractivity contribution in [2.75, 3.05) is 0 Å². The molecule has 6 aromatic carbocycles. The fourth-order valence-electron chi connectivity index (χ4n) is 7.00. The van der Waals surface area contributed by atoms with Gasteiger partial charge in [-0.25, -0.2) is 9.97 Å². The number of thiophene rings is 1. The second-order valence-corrected chi connectivity index (χ2v) is 13.4. The standard InChI is InChI=1S/C45H27N3OS/c1-2-11-28(12-3-1)38-27-39(30-22-20-29(21-23-30)37-17-8-9-26-46-37)48-45(47-38)36-25-24-32(43-42(36)35-14-4-6-18-40(35)49-43)34-16-10-15-33-31-13-5-7-19-41(31)50-44(33)34/h1-27H. The van der Waals surface area contributed by atoms with Crippen molar-refractivity contribution in [1.29, 1.82) is 0 Å². The van der Waals surface area contributed by atoms with Crippen LogP contribution in [0.2, 0.25) is 0 Å². The van der Waals surface area contributed by atoms with Gasteiger partial charge in [0.25, 0.3) is 0 Å². The molecule has 5 heteroatoms. The van der Waals surface area contributed by atoms with Crippen LogP contribution in [0.4, 0.5) is 0 Å². The maximum atomic E-state index is 6.75. The van der Waals surface area contributed by atoms with Crippen LogP contribution in [0.15, 0.2) is 168 Å². The van der Waals surface area contributed by atoms with E-state index in [0.29, 0.717) is 5.82 Å². The summed E-state index contributed by atoms with van der Waals surface area (Å²) in [5, 5.41) is 4.59. The molecule has 0 aliphatic carbocycles. The van der Waals surface area contributed by atoms with Crippen molar-refractivity contribution < 1.29 is 4.42 Å². The van der Waals surface area contributed by atoms with Gasteiger partial charge in [-0.2, -0.15) is 0 Å². The SMILES string of the molecule is c1ccc(-c2cc(-c3ccc(-c4ccccn4)cc3)nc(-c3ccc(-c4cccc5c4sc4ccccc45)c4oc5ccccc5c34)n2)cc1. The van der Waals surface area contributed by atoms with Gasteiger partial charge in [0.05, 0.1) is 17.1 Å². The van der Waals surface area contributed by atoms with Gasteiger partial charge in [-0.3, -0.25) is 4.98 Å². The summed E-state index contributed by atoms with van der Waals surface area (Å²) in [6, 6.07) is 54.6. The molecule has 4 heterocycles. The topological polar surface area (TPSA) is 51.8 Å². The van der Waals surface area contributed by atoms with Crippen molar-refractivity contribution in [3.63, 3.8) is 0 Å². The summed E-state index contributed by atoms with van der Waals surface area (Å²) in [4.78, 5) is 15.0. The van der Waals surface area contributed by atoms with E-state index in [1.807, 2.05) is 66.1 Å². The van der Waals surface area contributed by atoms with E-state index in [-0.39, 0.29) is 0 Å². The average Bonchev–Trinajstić information content (AvgIpc) is 3.78. The Kier molecular flexibility index (Phi) is 6.64. The molecule has 10 aromatic rings. The maximum absolute atomic E-state index is 6.75. The Morgan fingerprint density at radius 2 is 1.12 bits per heavy atom. The lowest BCUT2D eigenvalue weighted by atomic mass is 9.96. The van der Waals surface area contributed by atoms with E-state index < -0.39 is 0 Å². The lowest BCUT2D eigenvalue weighted by Crippen LogP contribution is -1.97. The third-order valence-corrected chi connectivity index (χ3v) is 10.6. The molecule has 0 aliphatic rings. The predicted octanol–water partition coefficient (Wildman–Crippen LogP) is 12.5. The molecule has 0 N–H and O–H groups in total. The summed E-state index contributed by atoms with van der Waals surface area (Å²) in [7, 11) is 0. The van der Waals surface area contributed by atoms with Crippen molar-refractivity contribution in [3.8, 4) is 56.3 Å². The van der Waals surface area contributed by atoms with E-state index in [0.717, 1.165) is 72.4 Å². The Morgan fingerprint density at radius 1 is 0.460 bits per heavy atom. The summed E-state index contributed by atoms with van der Waals surface area (Å²) >= 11 is 1.83. The van der Waals surface area contributed by atoms with E-state index in [4.69, 9.17) is 14.4 Å². The van der Waals surface area contributed by atoms with E-state index in [2.05, 4.69) is 114 Å². The molecule has 0 saturated heterocycles. The molecule has 0 fully saturated rings. The molecular formula is C45H27N3OS. The fraction of sp³-hybridized carbons (Fsp3) is 0. The molecule has 0 radical (unpaired) electrons. The van der Waals surface area contributed by atoms with Gasteiger partial charge in [0.1, 0.15) is 11.2 Å². The fourth-order valence-corrected chi connectivity index (χ4v) is 8.23. The first kappa shape index (κ1) is 28.6. The molecule has 0 amide bonds. The monoisotopic (exact) mass is 657 g/mol. The number of hydrogen-bond donors (Lipinski definition) is 0. The van der Waals surface area contributed by atoms with Crippen LogP contribution in [-0.4, -0.2) is 15.0 Å². The van der Waals surface area contributed by atoms with Crippen LogP contribution in [0.25, 0.3) is 98.4 Å². The summed E-state index contributed by atoms with van der Waals surface area (Å²) in [6.45, 7) is 0. The van der Waals surface area contributed by atoms with Crippen LogP contribution in [0.5, 0.6) is 0 Å². The van der Waals surface area contributed by atoms with E-state index in [1.165, 1.54) is 20.2 Å². The van der Waals surface area contributed by atoms with Crippen LogP contribution in [0.1, 0.15) is 0 Å². The zero-order chi connectivity index (χ0) is 33.0. The summed E-state index contributed by atoms with van der Waals surface area (Å²) in [5.74, 6) is 0.651. The van der Waals surface area contributed by atoms with E-state index in [9.17, 15) is 0 Å². The molecule has 4 aromatic heterocycles. The second kappa shape index (κ2) is 11.6. The van der Waals surface area contributed by atoms with Gasteiger partial charge in [0, 0.05) is 70.5 Å². The third-order valence-electron chi connectivity index (χ3n) is 9.40. The van der Waals surface area contributed by atoms with Crippen molar-refractivity contribution in [1.82, 2.24) is 15.0 Å². The van der Waals surface area contributed by atoms with Crippen LogP contribution in [-0.2, 0) is 0 Å². The highest BCUT2D eigenvalue weighted by Crippen LogP contribution is 2.46. The van der Waals surface area contributed by atoms with E-state index >= 15 is 0 Å². The van der Waals surface area contributed by atoms with Gasteiger partial charge in [0.15, 0.2) is 5.82 Å². The molecule has 0 aliphatic heterocycles. The lowest BCUT2D eigenvalue weighted by molar-refractivity contribution is 0.670. The number of para-hydroxylation sites is 1. The summed E-state index contributed by atoms with van der Waals surface area (Å²) < 4.78 is 9.28. The molecule has 0 spiro atoms. The van der Waals surface area contributed by atoms with Crippen molar-refractivity contribution in [3.05, 3.63) is 164 Å². The molecule has 4 nitrogen and oxygen atoms in total. The van der Waals surface area contributed by atoms with Crippen LogP contribution in [0, 0.1) is 0 Å².